The van der Waals surface area contributed by atoms with Crippen molar-refractivity contribution >= 4 is 49.9 Å². The Morgan fingerprint density at radius 3 is 2.47 bits per heavy atom. The van der Waals surface area contributed by atoms with E-state index in [0.29, 0.717) is 10.7 Å². The van der Waals surface area contributed by atoms with Crippen LogP contribution in [0.2, 0.25) is 0 Å². The number of benzene rings is 2. The molecule has 1 amide bonds. The van der Waals surface area contributed by atoms with Crippen LogP contribution in [-0.2, 0) is 14.9 Å². The van der Waals surface area contributed by atoms with E-state index < -0.39 is 16.0 Å². The maximum absolute atomic E-state index is 12.7. The first kappa shape index (κ1) is 23.7. The molecule has 0 unspecified atom stereocenters. The summed E-state index contributed by atoms with van der Waals surface area (Å²) in [5.74, 6) is -0.343. The highest BCUT2D eigenvalue weighted by Crippen LogP contribution is 2.34. The normalized spacial score (nSPS) is 17.1. The van der Waals surface area contributed by atoms with E-state index in [2.05, 4.69) is 10.1 Å². The molecule has 0 saturated heterocycles. The minimum absolute atomic E-state index is 0.00213. The van der Waals surface area contributed by atoms with Crippen molar-refractivity contribution in [2.75, 3.05) is 7.11 Å². The van der Waals surface area contributed by atoms with Gasteiger partial charge in [0.25, 0.3) is 5.91 Å². The summed E-state index contributed by atoms with van der Waals surface area (Å²) in [5, 5.41) is 15.3. The van der Waals surface area contributed by atoms with Crippen molar-refractivity contribution in [3.05, 3.63) is 59.2 Å². The predicted molar refractivity (Wildman–Crippen MR) is 132 cm³/mol. The van der Waals surface area contributed by atoms with Crippen LogP contribution in [0.5, 0.6) is 11.5 Å². The molecule has 0 bridgehead atoms. The largest absolute Gasteiger partial charge is 0.493 e. The number of fused-ring (bicyclic) bond motifs is 1. The summed E-state index contributed by atoms with van der Waals surface area (Å²) in [7, 11) is -2.69. The molecule has 0 aliphatic carbocycles. The molecular formula is C23H22N4O5S2. The van der Waals surface area contributed by atoms with Gasteiger partial charge in [-0.2, -0.15) is 23.5 Å². The summed E-state index contributed by atoms with van der Waals surface area (Å²) in [6.07, 6.45) is 1.49. The van der Waals surface area contributed by atoms with E-state index in [9.17, 15) is 13.2 Å². The van der Waals surface area contributed by atoms with Crippen molar-refractivity contribution < 1.29 is 22.1 Å². The average Bonchev–Trinajstić information content (AvgIpc) is 3.22. The van der Waals surface area contributed by atoms with Gasteiger partial charge in [0, 0.05) is 5.92 Å². The lowest BCUT2D eigenvalue weighted by Gasteiger charge is -2.20. The molecule has 2 aromatic rings. The molecule has 0 fully saturated rings. The van der Waals surface area contributed by atoms with Crippen LogP contribution in [0.1, 0.15) is 25.0 Å². The Kier molecular flexibility index (Phi) is 6.32. The third-order valence-electron chi connectivity index (χ3n) is 4.97. The highest BCUT2D eigenvalue weighted by molar-refractivity contribution is 8.27. The minimum atomic E-state index is -4.07. The Bertz CT molecular complexity index is 1380. The van der Waals surface area contributed by atoms with Gasteiger partial charge in [0.15, 0.2) is 17.3 Å². The number of thioether (sulfide) groups is 1. The van der Waals surface area contributed by atoms with E-state index in [1.165, 1.54) is 54.2 Å². The number of carbonyl (C=O) groups excluding carboxylic acids is 1. The number of nitrogens with zero attached hydrogens (tertiary/aromatic N) is 3. The average molecular weight is 499 g/mol. The van der Waals surface area contributed by atoms with Gasteiger partial charge >= 0.3 is 10.1 Å². The second kappa shape index (κ2) is 9.07. The van der Waals surface area contributed by atoms with Gasteiger partial charge in [-0.05, 0) is 54.6 Å². The zero-order chi connectivity index (χ0) is 24.6. The van der Waals surface area contributed by atoms with E-state index in [0.717, 1.165) is 10.6 Å². The van der Waals surface area contributed by atoms with Gasteiger partial charge in [-0.15, -0.1) is 0 Å². The summed E-state index contributed by atoms with van der Waals surface area (Å²) in [6, 6.07) is 10.8. The highest BCUT2D eigenvalue weighted by Gasteiger charge is 2.36. The van der Waals surface area contributed by atoms with Crippen molar-refractivity contribution in [1.29, 1.82) is 5.41 Å². The van der Waals surface area contributed by atoms with Gasteiger partial charge in [-0.25, -0.2) is 0 Å². The Morgan fingerprint density at radius 2 is 1.82 bits per heavy atom. The topological polar surface area (TPSA) is 121 Å². The Hall–Kier alpha value is -3.44. The van der Waals surface area contributed by atoms with Crippen LogP contribution in [-0.4, -0.2) is 42.5 Å². The maximum Gasteiger partial charge on any atom is 0.339 e. The van der Waals surface area contributed by atoms with Gasteiger partial charge in [0.05, 0.1) is 12.7 Å². The number of hydrazone groups is 1. The molecule has 0 atom stereocenters. The van der Waals surface area contributed by atoms with Crippen molar-refractivity contribution in [3.8, 4) is 11.5 Å². The van der Waals surface area contributed by atoms with E-state index in [4.69, 9.17) is 14.3 Å². The lowest BCUT2D eigenvalue weighted by atomic mass is 10.1. The second-order valence-corrected chi connectivity index (χ2v) is 10.4. The number of carbonyl (C=O) groups is 1. The van der Waals surface area contributed by atoms with Crippen molar-refractivity contribution in [2.45, 2.75) is 25.7 Å². The first-order valence-electron chi connectivity index (χ1n) is 10.3. The quantitative estimate of drug-likeness (QED) is 0.471. The van der Waals surface area contributed by atoms with Gasteiger partial charge in [0.2, 0.25) is 5.17 Å². The summed E-state index contributed by atoms with van der Waals surface area (Å²) < 4.78 is 35.9. The molecule has 2 aliphatic rings. The zero-order valence-corrected chi connectivity index (χ0v) is 20.5. The molecule has 0 aromatic heterocycles. The number of hydrogen-bond acceptors (Lipinski definition) is 8. The van der Waals surface area contributed by atoms with Gasteiger partial charge in [-0.3, -0.25) is 10.2 Å². The zero-order valence-electron chi connectivity index (χ0n) is 18.9. The van der Waals surface area contributed by atoms with E-state index in [1.807, 2.05) is 20.8 Å². The van der Waals surface area contributed by atoms with Gasteiger partial charge in [0.1, 0.15) is 9.94 Å². The van der Waals surface area contributed by atoms with Gasteiger partial charge < -0.3 is 8.92 Å². The van der Waals surface area contributed by atoms with Crippen molar-refractivity contribution in [1.82, 2.24) is 5.01 Å². The van der Waals surface area contributed by atoms with Crippen LogP contribution in [0.25, 0.3) is 6.08 Å². The number of ether oxygens (including phenoxy) is 1. The molecule has 2 heterocycles. The first-order valence-corrected chi connectivity index (χ1v) is 12.5. The molecule has 0 saturated carbocycles. The third kappa shape index (κ3) is 4.62. The molecule has 0 spiro atoms. The smallest absolute Gasteiger partial charge is 0.339 e. The molecule has 176 valence electrons. The fourth-order valence-corrected chi connectivity index (χ4v) is 4.95. The molecule has 4 rings (SSSR count). The monoisotopic (exact) mass is 498 g/mol. The van der Waals surface area contributed by atoms with E-state index >= 15 is 0 Å². The lowest BCUT2D eigenvalue weighted by molar-refractivity contribution is -0.114. The molecule has 9 nitrogen and oxygen atoms in total. The molecular weight excluding hydrogens is 476 g/mol. The molecule has 34 heavy (non-hydrogen) atoms. The van der Waals surface area contributed by atoms with Crippen molar-refractivity contribution in [3.63, 3.8) is 0 Å². The number of hydrogen-bond donors (Lipinski definition) is 1. The number of aryl methyl sites for hydroxylation is 1. The number of amidine groups is 2. The van der Waals surface area contributed by atoms with Crippen molar-refractivity contribution in [2.24, 2.45) is 16.0 Å². The number of nitrogens with one attached hydrogen (secondary N) is 1. The summed E-state index contributed by atoms with van der Waals surface area (Å²) in [6.45, 7) is 5.80. The molecule has 2 aliphatic heterocycles. The van der Waals surface area contributed by atoms with E-state index in [1.54, 1.807) is 18.2 Å². The molecule has 11 heteroatoms. The second-order valence-electron chi connectivity index (χ2n) is 7.87. The maximum atomic E-state index is 12.7. The lowest BCUT2D eigenvalue weighted by Crippen LogP contribution is -2.35. The van der Waals surface area contributed by atoms with Crippen LogP contribution in [0, 0.1) is 18.3 Å². The van der Waals surface area contributed by atoms with E-state index in [-0.39, 0.29) is 33.7 Å². The van der Waals surface area contributed by atoms with Crippen LogP contribution in [0.15, 0.2) is 63.0 Å². The standard InChI is InChI=1S/C23H22N4O5S2/c1-13(2)22-26-27-20(24)17(21(28)25-23(27)33-22)11-15-7-10-18(19(12-15)31-4)32-34(29,30)16-8-5-14(3)6-9-16/h5-13,24H,1-4H3. The fraction of sp³-hybridized carbons (Fsp3) is 0.217. The summed E-state index contributed by atoms with van der Waals surface area (Å²) >= 11 is 1.27. The van der Waals surface area contributed by atoms with Crippen LogP contribution in [0.4, 0.5) is 0 Å². The molecule has 1 N–H and O–H groups in total. The van der Waals surface area contributed by atoms with Crippen LogP contribution >= 0.6 is 11.8 Å². The minimum Gasteiger partial charge on any atom is -0.493 e. The summed E-state index contributed by atoms with van der Waals surface area (Å²) in [4.78, 5) is 16.7. The molecule has 0 radical (unpaired) electrons. The number of aliphatic imine (C=N–C) groups is 1. The number of methoxy groups -OCH3 is 1. The Labute approximate surface area is 201 Å². The highest BCUT2D eigenvalue weighted by atomic mass is 32.2. The summed E-state index contributed by atoms with van der Waals surface area (Å²) in [5.41, 5.74) is 1.48. The van der Waals surface area contributed by atoms with Crippen LogP contribution in [0.3, 0.4) is 0 Å². The number of amides is 1. The SMILES string of the molecule is COc1cc(C=C2C(=N)N3N=C(C(C)C)SC3=NC2=O)ccc1OS(=O)(=O)c1ccc(C)cc1. The Morgan fingerprint density at radius 1 is 1.12 bits per heavy atom. The first-order chi connectivity index (χ1) is 16.1. The van der Waals surface area contributed by atoms with Crippen LogP contribution < -0.4 is 8.92 Å². The fourth-order valence-electron chi connectivity index (χ4n) is 3.12. The molecule has 2 aromatic carbocycles. The van der Waals surface area contributed by atoms with Gasteiger partial charge in [-0.1, -0.05) is 37.6 Å². The number of rotatable bonds is 6. The Balaban J connectivity index is 1.62. The third-order valence-corrected chi connectivity index (χ3v) is 7.43. The predicted octanol–water partition coefficient (Wildman–Crippen LogP) is 4.05.